The molecular weight excluding hydrogens is 478 g/mol. The third-order valence-electron chi connectivity index (χ3n) is 7.99. The summed E-state index contributed by atoms with van der Waals surface area (Å²) < 4.78 is 11.3. The van der Waals surface area contributed by atoms with Crippen LogP contribution >= 0.6 is 0 Å². The van der Waals surface area contributed by atoms with E-state index in [1.54, 1.807) is 30.3 Å². The first-order valence-corrected chi connectivity index (χ1v) is 12.6. The predicted molar refractivity (Wildman–Crippen MR) is 143 cm³/mol. The number of carbonyl (C=O) groups excluding carboxylic acids is 3. The fourth-order valence-corrected chi connectivity index (χ4v) is 6.38. The lowest BCUT2D eigenvalue weighted by Crippen LogP contribution is -2.42. The molecule has 1 saturated heterocycles. The quantitative estimate of drug-likeness (QED) is 0.214. The Morgan fingerprint density at radius 2 is 1.47 bits per heavy atom. The third kappa shape index (κ3) is 3.10. The summed E-state index contributed by atoms with van der Waals surface area (Å²) in [5, 5.41) is 1.95. The second-order valence-electron chi connectivity index (χ2n) is 9.85. The first-order valence-electron chi connectivity index (χ1n) is 12.6. The van der Waals surface area contributed by atoms with Crippen LogP contribution in [0.5, 0.6) is 11.5 Å². The van der Waals surface area contributed by atoms with E-state index in [-0.39, 0.29) is 5.91 Å². The molecule has 7 rings (SSSR count). The second kappa shape index (κ2) is 8.42. The van der Waals surface area contributed by atoms with Gasteiger partial charge in [-0.3, -0.25) is 14.4 Å². The number of nitrogens with zero attached hydrogens (tertiary/aromatic N) is 1. The number of ether oxygens (including phenoxy) is 2. The summed E-state index contributed by atoms with van der Waals surface area (Å²) in [6.45, 7) is 0. The molecule has 0 spiro atoms. The van der Waals surface area contributed by atoms with Crippen molar-refractivity contribution in [2.24, 2.45) is 17.8 Å². The number of imide groups is 1. The van der Waals surface area contributed by atoms with Crippen LogP contribution in [0.3, 0.4) is 0 Å². The van der Waals surface area contributed by atoms with Crippen molar-refractivity contribution in [1.29, 1.82) is 0 Å². The lowest BCUT2D eigenvalue weighted by Gasteiger charge is -2.38. The Morgan fingerprint density at radius 1 is 0.763 bits per heavy atom. The number of fused-ring (bicyclic) bond motifs is 7. The van der Waals surface area contributed by atoms with Crippen LogP contribution in [0.1, 0.15) is 17.0 Å². The average molecular weight is 502 g/mol. The number of para-hydroxylation sites is 2. The Bertz CT molecular complexity index is 1670. The Morgan fingerprint density at radius 3 is 2.29 bits per heavy atom. The van der Waals surface area contributed by atoms with Gasteiger partial charge in [0.05, 0.1) is 30.6 Å². The van der Waals surface area contributed by atoms with Crippen LogP contribution in [0.15, 0.2) is 97.1 Å². The number of benzene rings is 4. The molecule has 2 aliphatic heterocycles. The van der Waals surface area contributed by atoms with Crippen molar-refractivity contribution in [2.75, 3.05) is 12.0 Å². The Kier molecular flexibility index (Phi) is 4.98. The van der Waals surface area contributed by atoms with E-state index in [2.05, 4.69) is 0 Å². The van der Waals surface area contributed by atoms with Gasteiger partial charge in [-0.05, 0) is 40.1 Å². The van der Waals surface area contributed by atoms with Crippen LogP contribution in [0.4, 0.5) is 5.69 Å². The molecule has 186 valence electrons. The van der Waals surface area contributed by atoms with Gasteiger partial charge in [0, 0.05) is 11.5 Å². The minimum absolute atomic E-state index is 0.342. The largest absolute Gasteiger partial charge is 0.495 e. The fourth-order valence-electron chi connectivity index (χ4n) is 6.38. The number of carbonyl (C=O) groups is 3. The molecule has 38 heavy (non-hydrogen) atoms. The van der Waals surface area contributed by atoms with E-state index in [1.165, 1.54) is 12.0 Å². The average Bonchev–Trinajstić information content (AvgIpc) is 3.22. The molecule has 0 saturated carbocycles. The van der Waals surface area contributed by atoms with Gasteiger partial charge >= 0.3 is 5.97 Å². The third-order valence-corrected chi connectivity index (χ3v) is 7.99. The zero-order chi connectivity index (χ0) is 26.0. The van der Waals surface area contributed by atoms with Crippen LogP contribution in [0, 0.1) is 17.8 Å². The molecule has 6 heteroatoms. The summed E-state index contributed by atoms with van der Waals surface area (Å²) in [7, 11) is 1.50. The highest BCUT2D eigenvalue weighted by molar-refractivity contribution is 6.25. The van der Waals surface area contributed by atoms with Crippen molar-refractivity contribution in [3.63, 3.8) is 0 Å². The van der Waals surface area contributed by atoms with E-state index in [1.807, 2.05) is 66.7 Å². The van der Waals surface area contributed by atoms with Gasteiger partial charge in [-0.15, -0.1) is 0 Å². The SMILES string of the molecule is COc1ccccc1N1C(=O)[C@@H]2[C@@H]3C(=O)Oc4ccc5ccccc5c4C3=C[C@H](c3ccccc3)[C@H]2C1=O. The molecule has 0 unspecified atom stereocenters. The molecule has 2 amide bonds. The topological polar surface area (TPSA) is 72.9 Å². The molecular formula is C32H23NO5. The molecule has 3 aliphatic rings. The van der Waals surface area contributed by atoms with Gasteiger partial charge in [-0.25, -0.2) is 4.90 Å². The van der Waals surface area contributed by atoms with E-state index in [4.69, 9.17) is 9.47 Å². The van der Waals surface area contributed by atoms with Crippen molar-refractivity contribution in [3.8, 4) is 11.5 Å². The smallest absolute Gasteiger partial charge is 0.319 e. The highest BCUT2D eigenvalue weighted by Gasteiger charge is 2.60. The Balaban J connectivity index is 1.48. The number of allylic oxidation sites excluding steroid dienone is 1. The van der Waals surface area contributed by atoms with Gasteiger partial charge < -0.3 is 9.47 Å². The molecule has 4 aromatic rings. The van der Waals surface area contributed by atoms with Crippen molar-refractivity contribution < 1.29 is 23.9 Å². The summed E-state index contributed by atoms with van der Waals surface area (Å²) in [6.07, 6.45) is 2.02. The van der Waals surface area contributed by atoms with Crippen LogP contribution in [-0.2, 0) is 14.4 Å². The van der Waals surface area contributed by atoms with E-state index in [9.17, 15) is 14.4 Å². The van der Waals surface area contributed by atoms with E-state index in [0.29, 0.717) is 17.2 Å². The number of rotatable bonds is 3. The van der Waals surface area contributed by atoms with Crippen LogP contribution < -0.4 is 14.4 Å². The number of hydrogen-bond donors (Lipinski definition) is 0. The highest BCUT2D eigenvalue weighted by atomic mass is 16.5. The van der Waals surface area contributed by atoms with Gasteiger partial charge in [-0.2, -0.15) is 0 Å². The van der Waals surface area contributed by atoms with E-state index >= 15 is 0 Å². The van der Waals surface area contributed by atoms with Gasteiger partial charge in [0.25, 0.3) is 0 Å². The van der Waals surface area contributed by atoms with Crippen molar-refractivity contribution in [1.82, 2.24) is 0 Å². The first kappa shape index (κ1) is 22.5. The number of esters is 1. The second-order valence-corrected chi connectivity index (χ2v) is 9.85. The minimum atomic E-state index is -0.905. The molecule has 2 heterocycles. The number of methoxy groups -OCH3 is 1. The number of amides is 2. The molecule has 4 aromatic carbocycles. The van der Waals surface area contributed by atoms with Gasteiger partial charge in [-0.1, -0.05) is 78.9 Å². The van der Waals surface area contributed by atoms with Crippen molar-refractivity contribution in [3.05, 3.63) is 108 Å². The molecule has 1 aliphatic carbocycles. The zero-order valence-electron chi connectivity index (χ0n) is 20.5. The highest BCUT2D eigenvalue weighted by Crippen LogP contribution is 2.56. The maximum absolute atomic E-state index is 14.2. The maximum atomic E-state index is 14.2. The van der Waals surface area contributed by atoms with Crippen LogP contribution in [0.25, 0.3) is 16.3 Å². The predicted octanol–water partition coefficient (Wildman–Crippen LogP) is 5.37. The number of hydrogen-bond acceptors (Lipinski definition) is 5. The Labute approximate surface area is 219 Å². The molecule has 1 fully saturated rings. The standard InChI is InChI=1S/C32H23NO5/c1-37-24-14-8-7-13-23(24)33-30(34)27-21(18-9-3-2-4-10-18)17-22-26-20-12-6-5-11-19(20)15-16-25(26)38-32(36)28(22)29(27)31(33)35/h2-17,21,27-29H,1H3/t21-,27-,28-,29+/m1/s1. The van der Waals surface area contributed by atoms with Gasteiger partial charge in [0.15, 0.2) is 0 Å². The molecule has 6 nitrogen and oxygen atoms in total. The Hall–Kier alpha value is -4.71. The summed E-state index contributed by atoms with van der Waals surface area (Å²) >= 11 is 0. The normalized spacial score (nSPS) is 23.9. The monoisotopic (exact) mass is 501 g/mol. The van der Waals surface area contributed by atoms with Gasteiger partial charge in [0.1, 0.15) is 11.5 Å². The maximum Gasteiger partial charge on any atom is 0.319 e. The molecule has 0 N–H and O–H groups in total. The summed E-state index contributed by atoms with van der Waals surface area (Å²) in [5.74, 6) is -3.34. The lowest BCUT2D eigenvalue weighted by atomic mass is 9.64. The van der Waals surface area contributed by atoms with Crippen LogP contribution in [0.2, 0.25) is 0 Å². The summed E-state index contributed by atoms with van der Waals surface area (Å²) in [6, 6.07) is 28.3. The molecule has 4 atom stereocenters. The minimum Gasteiger partial charge on any atom is -0.495 e. The summed E-state index contributed by atoms with van der Waals surface area (Å²) in [4.78, 5) is 43.1. The molecule has 0 radical (unpaired) electrons. The van der Waals surface area contributed by atoms with Gasteiger partial charge in [0.2, 0.25) is 11.8 Å². The van der Waals surface area contributed by atoms with Crippen LogP contribution in [-0.4, -0.2) is 24.9 Å². The fraction of sp³-hybridized carbons (Fsp3) is 0.156. The lowest BCUT2D eigenvalue weighted by molar-refractivity contribution is -0.142. The van der Waals surface area contributed by atoms with E-state index < -0.39 is 35.5 Å². The molecule has 0 bridgehead atoms. The van der Waals surface area contributed by atoms with Crippen molar-refractivity contribution >= 4 is 39.8 Å². The first-order chi connectivity index (χ1) is 18.6. The summed E-state index contributed by atoms with van der Waals surface area (Å²) in [5.41, 5.74) is 2.84. The zero-order valence-corrected chi connectivity index (χ0v) is 20.5. The van der Waals surface area contributed by atoms with Crippen molar-refractivity contribution in [2.45, 2.75) is 5.92 Å². The van der Waals surface area contributed by atoms with E-state index in [0.717, 1.165) is 27.5 Å². The number of anilines is 1. The molecule has 0 aromatic heterocycles.